The molecule has 0 aromatic heterocycles. The molecular weight excluding hydrogens is 442 g/mol. The molecule has 1 amide bonds. The number of amides is 1. The van der Waals surface area contributed by atoms with Crippen molar-refractivity contribution in [2.45, 2.75) is 37.1 Å². The van der Waals surface area contributed by atoms with Gasteiger partial charge in [0.05, 0.1) is 27.4 Å². The van der Waals surface area contributed by atoms with E-state index in [0.717, 1.165) is 11.1 Å². The van der Waals surface area contributed by atoms with Crippen LogP contribution in [0.15, 0.2) is 46.1 Å². The number of rotatable bonds is 7. The number of benzene rings is 1. The van der Waals surface area contributed by atoms with Crippen LogP contribution in [-0.2, 0) is 22.4 Å². The largest absolute Gasteiger partial charge is 0.612 e. The molecule has 3 rings (SSSR count). The number of hydrogen-bond acceptors (Lipinski definition) is 6. The molecule has 1 aliphatic rings. The lowest BCUT2D eigenvalue weighted by Gasteiger charge is -2.20. The summed E-state index contributed by atoms with van der Waals surface area (Å²) in [5.41, 5.74) is 3.10. The second-order valence-electron chi connectivity index (χ2n) is 7.73. The smallest absolute Gasteiger partial charge is 0.247 e. The molecule has 0 saturated heterocycles. The van der Waals surface area contributed by atoms with Crippen molar-refractivity contribution in [3.05, 3.63) is 57.8 Å². The number of hydrogen-bond donors (Lipinski definition) is 1. The molecule has 1 N–H and O–H groups in total. The van der Waals surface area contributed by atoms with Crippen LogP contribution in [-0.4, -0.2) is 38.0 Å². The van der Waals surface area contributed by atoms with E-state index in [-0.39, 0.29) is 16.2 Å². The summed E-state index contributed by atoms with van der Waals surface area (Å²) >= 11 is -1.47. The van der Waals surface area contributed by atoms with Gasteiger partial charge in [-0.1, -0.05) is 13.5 Å². The highest BCUT2D eigenvalue weighted by atomic mass is 32.2. The maximum Gasteiger partial charge on any atom is 0.247 e. The Morgan fingerprint density at radius 1 is 1.18 bits per heavy atom. The lowest BCUT2D eigenvalue weighted by Crippen LogP contribution is -2.30. The maximum atomic E-state index is 13.0. The highest BCUT2D eigenvalue weighted by molar-refractivity contribution is 7.90. The van der Waals surface area contributed by atoms with E-state index in [2.05, 4.69) is 11.9 Å². The van der Waals surface area contributed by atoms with Crippen LogP contribution in [0.1, 0.15) is 36.9 Å². The zero-order chi connectivity index (χ0) is 24.3. The van der Waals surface area contributed by atoms with E-state index < -0.39 is 17.2 Å². The first kappa shape index (κ1) is 24.7. The minimum Gasteiger partial charge on any atom is -0.612 e. The van der Waals surface area contributed by atoms with Gasteiger partial charge < -0.3 is 24.1 Å². The number of fused-ring (bicyclic) bond motifs is 3. The number of carbonyl (C=O) groups is 1. The molecule has 0 saturated carbocycles. The third-order valence-electron chi connectivity index (χ3n) is 5.86. The van der Waals surface area contributed by atoms with Gasteiger partial charge in [0.2, 0.25) is 17.1 Å². The number of methoxy groups -OCH3 is 3. The Morgan fingerprint density at radius 3 is 2.45 bits per heavy atom. The zero-order valence-corrected chi connectivity index (χ0v) is 20.4. The summed E-state index contributed by atoms with van der Waals surface area (Å²) in [6, 6.07) is 6.24. The van der Waals surface area contributed by atoms with Gasteiger partial charge in [-0.2, -0.15) is 0 Å². The minimum atomic E-state index is -1.47. The quantitative estimate of drug-likeness (QED) is 0.490. The molecule has 33 heavy (non-hydrogen) atoms. The third-order valence-corrected chi connectivity index (χ3v) is 6.82. The zero-order valence-electron chi connectivity index (χ0n) is 19.6. The van der Waals surface area contributed by atoms with Crippen molar-refractivity contribution in [3.8, 4) is 28.4 Å². The van der Waals surface area contributed by atoms with E-state index in [9.17, 15) is 14.1 Å². The van der Waals surface area contributed by atoms with Crippen LogP contribution in [0.2, 0.25) is 0 Å². The standard InChI is InChI=1S/C25H29NO6S/c1-7-14(2)25(28)26-18-10-8-15-12-20(30-3)23(31-4)24(32-5)22(15)16-9-11-21(33(6)29)19(27)13-17(16)18/h9,11-13,18H,2,7-8,10H2,1,3-6H3,(H,26,28)/t18-,33?/m0/s1. The Morgan fingerprint density at radius 2 is 1.88 bits per heavy atom. The van der Waals surface area contributed by atoms with Gasteiger partial charge >= 0.3 is 0 Å². The molecule has 2 aromatic carbocycles. The molecule has 0 fully saturated rings. The molecule has 2 aromatic rings. The van der Waals surface area contributed by atoms with Gasteiger partial charge in [-0.25, -0.2) is 0 Å². The van der Waals surface area contributed by atoms with Crippen molar-refractivity contribution in [1.82, 2.24) is 5.32 Å². The number of carbonyl (C=O) groups excluding carboxylic acids is 1. The lowest BCUT2D eigenvalue weighted by molar-refractivity contribution is -0.118. The fraction of sp³-hybridized carbons (Fsp3) is 0.360. The average Bonchev–Trinajstić information content (AvgIpc) is 3.05. The fourth-order valence-corrected chi connectivity index (χ4v) is 4.71. The van der Waals surface area contributed by atoms with E-state index in [1.165, 1.54) is 19.4 Å². The first-order chi connectivity index (χ1) is 15.8. The van der Waals surface area contributed by atoms with E-state index in [1.807, 2.05) is 13.0 Å². The summed E-state index contributed by atoms with van der Waals surface area (Å²) in [4.78, 5) is 25.8. The molecule has 0 spiro atoms. The van der Waals surface area contributed by atoms with Crippen LogP contribution in [0.5, 0.6) is 17.2 Å². The second-order valence-corrected chi connectivity index (χ2v) is 9.08. The molecule has 2 atom stereocenters. The van der Waals surface area contributed by atoms with Crippen molar-refractivity contribution in [1.29, 1.82) is 0 Å². The summed E-state index contributed by atoms with van der Waals surface area (Å²) < 4.78 is 29.1. The highest BCUT2D eigenvalue weighted by Crippen LogP contribution is 2.50. The summed E-state index contributed by atoms with van der Waals surface area (Å²) in [7, 11) is 4.63. The fourth-order valence-electron chi connectivity index (χ4n) is 4.11. The average molecular weight is 472 g/mol. The van der Waals surface area contributed by atoms with Gasteiger partial charge in [-0.05, 0) is 71.4 Å². The van der Waals surface area contributed by atoms with Crippen LogP contribution in [0.3, 0.4) is 0 Å². The summed E-state index contributed by atoms with van der Waals surface area (Å²) in [6.07, 6.45) is 3.11. The predicted molar refractivity (Wildman–Crippen MR) is 129 cm³/mol. The van der Waals surface area contributed by atoms with Gasteiger partial charge in [-0.3, -0.25) is 9.59 Å². The predicted octanol–water partition coefficient (Wildman–Crippen LogP) is 3.55. The van der Waals surface area contributed by atoms with E-state index in [4.69, 9.17) is 14.2 Å². The molecule has 0 aliphatic heterocycles. The lowest BCUT2D eigenvalue weighted by atomic mass is 9.95. The number of ether oxygens (including phenoxy) is 3. The van der Waals surface area contributed by atoms with Gasteiger partial charge in [0, 0.05) is 11.1 Å². The summed E-state index contributed by atoms with van der Waals surface area (Å²) in [6.45, 7) is 5.69. The van der Waals surface area contributed by atoms with Gasteiger partial charge in [0.1, 0.15) is 6.26 Å². The van der Waals surface area contributed by atoms with Crippen molar-refractivity contribution >= 4 is 17.1 Å². The molecule has 0 heterocycles. The summed E-state index contributed by atoms with van der Waals surface area (Å²) in [5.74, 6) is 1.16. The third kappa shape index (κ3) is 4.72. The molecule has 0 bridgehead atoms. The maximum absolute atomic E-state index is 13.0. The van der Waals surface area contributed by atoms with E-state index in [0.29, 0.717) is 53.2 Å². The molecule has 1 aliphatic carbocycles. The van der Waals surface area contributed by atoms with Gasteiger partial charge in [-0.15, -0.1) is 0 Å². The first-order valence-electron chi connectivity index (χ1n) is 10.6. The Bertz CT molecular complexity index is 1140. The van der Waals surface area contributed by atoms with E-state index in [1.54, 1.807) is 26.4 Å². The molecule has 176 valence electrons. The van der Waals surface area contributed by atoms with Crippen molar-refractivity contribution in [3.63, 3.8) is 0 Å². The van der Waals surface area contributed by atoms with Crippen molar-refractivity contribution < 1.29 is 23.6 Å². The van der Waals surface area contributed by atoms with Gasteiger partial charge in [0.15, 0.2) is 16.4 Å². The second kappa shape index (κ2) is 10.3. The van der Waals surface area contributed by atoms with Crippen molar-refractivity contribution in [2.24, 2.45) is 0 Å². The first-order valence-corrected chi connectivity index (χ1v) is 12.2. The van der Waals surface area contributed by atoms with Crippen LogP contribution in [0.25, 0.3) is 11.1 Å². The van der Waals surface area contributed by atoms with Crippen LogP contribution in [0, 0.1) is 0 Å². The Hall–Kier alpha value is -2.97. The van der Waals surface area contributed by atoms with Gasteiger partial charge in [0.25, 0.3) is 0 Å². The van der Waals surface area contributed by atoms with E-state index >= 15 is 0 Å². The molecular formula is C25H29NO6S. The Kier molecular flexibility index (Phi) is 7.71. The van der Waals surface area contributed by atoms with Crippen molar-refractivity contribution in [2.75, 3.05) is 27.6 Å². The van der Waals surface area contributed by atoms with Crippen LogP contribution >= 0.6 is 0 Å². The molecule has 0 radical (unpaired) electrons. The number of aryl methyl sites for hydroxylation is 1. The molecule has 8 heteroatoms. The highest BCUT2D eigenvalue weighted by Gasteiger charge is 2.30. The monoisotopic (exact) mass is 471 g/mol. The topological polar surface area (TPSA) is 96.9 Å². The SMILES string of the molecule is C=C(CC)C(=O)N[C@H]1CCc2cc(OC)c(OC)c(OC)c2-c2ccc([S+](C)[O-])c(=O)cc21. The molecule has 7 nitrogen and oxygen atoms in total. The Labute approximate surface area is 196 Å². The molecule has 1 unspecified atom stereocenters. The van der Waals surface area contributed by atoms with Crippen LogP contribution in [0.4, 0.5) is 0 Å². The summed E-state index contributed by atoms with van der Waals surface area (Å²) in [5, 5.41) is 3.03. The number of nitrogens with one attached hydrogen (secondary N) is 1. The minimum absolute atomic E-state index is 0.187. The normalized spacial score (nSPS) is 15.4. The van der Waals surface area contributed by atoms with Crippen LogP contribution < -0.4 is 25.0 Å². The Balaban J connectivity index is 2.36.